The van der Waals surface area contributed by atoms with E-state index in [0.29, 0.717) is 6.04 Å². The van der Waals surface area contributed by atoms with Crippen LogP contribution in [0.1, 0.15) is 32.3 Å². The van der Waals surface area contributed by atoms with Crippen molar-refractivity contribution < 1.29 is 0 Å². The predicted molar refractivity (Wildman–Crippen MR) is 74.8 cm³/mol. The van der Waals surface area contributed by atoms with Crippen LogP contribution in [0.25, 0.3) is 0 Å². The lowest BCUT2D eigenvalue weighted by atomic mass is 9.98. The maximum Gasteiger partial charge on any atom is 0.0175 e. The first-order valence-electron chi connectivity index (χ1n) is 6.03. The minimum Gasteiger partial charge on any atom is -0.317 e. The van der Waals surface area contributed by atoms with Crippen LogP contribution < -0.4 is 5.32 Å². The van der Waals surface area contributed by atoms with Gasteiger partial charge in [0.15, 0.2) is 0 Å². The van der Waals surface area contributed by atoms with Crippen LogP contribution in [0, 0.1) is 5.92 Å². The van der Waals surface area contributed by atoms with Crippen LogP contribution in [0.4, 0.5) is 0 Å². The summed E-state index contributed by atoms with van der Waals surface area (Å²) in [6.07, 6.45) is 3.67. The normalized spacial score (nSPS) is 13.1. The molecule has 16 heavy (non-hydrogen) atoms. The lowest BCUT2D eigenvalue weighted by Crippen LogP contribution is -2.27. The highest BCUT2D eigenvalue weighted by atomic mass is 79.9. The molecule has 0 aromatic heterocycles. The van der Waals surface area contributed by atoms with Gasteiger partial charge in [-0.25, -0.2) is 0 Å². The van der Waals surface area contributed by atoms with Crippen molar-refractivity contribution in [2.75, 3.05) is 7.05 Å². The molecular weight excluding hydrogens is 262 g/mol. The minimum atomic E-state index is 0.601. The average molecular weight is 284 g/mol. The van der Waals surface area contributed by atoms with E-state index in [1.165, 1.54) is 18.4 Å². The summed E-state index contributed by atoms with van der Waals surface area (Å²) in [6, 6.07) is 9.23. The van der Waals surface area contributed by atoms with Crippen molar-refractivity contribution >= 4 is 15.9 Å². The molecule has 1 nitrogen and oxygen atoms in total. The summed E-state index contributed by atoms with van der Waals surface area (Å²) in [5.41, 5.74) is 1.41. The molecule has 0 aliphatic carbocycles. The lowest BCUT2D eigenvalue weighted by molar-refractivity contribution is 0.451. The van der Waals surface area contributed by atoms with Crippen LogP contribution in [-0.2, 0) is 6.42 Å². The molecule has 1 N–H and O–H groups in total. The van der Waals surface area contributed by atoms with Crippen molar-refractivity contribution in [1.29, 1.82) is 0 Å². The fraction of sp³-hybridized carbons (Fsp3) is 0.571. The second-order valence-corrected chi connectivity index (χ2v) is 5.70. The van der Waals surface area contributed by atoms with Crippen LogP contribution in [0.2, 0.25) is 0 Å². The Kier molecular flexibility index (Phi) is 6.07. The molecule has 1 aromatic carbocycles. The molecule has 0 radical (unpaired) electrons. The molecule has 0 aliphatic heterocycles. The number of hydrogen-bond acceptors (Lipinski definition) is 1. The highest BCUT2D eigenvalue weighted by Crippen LogP contribution is 2.14. The van der Waals surface area contributed by atoms with E-state index in [4.69, 9.17) is 0 Å². The number of nitrogens with one attached hydrogen (secondary N) is 1. The zero-order valence-electron chi connectivity index (χ0n) is 10.5. The number of halogens is 1. The second-order valence-electron chi connectivity index (χ2n) is 4.79. The highest BCUT2D eigenvalue weighted by Gasteiger charge is 2.08. The molecule has 0 spiro atoms. The smallest absolute Gasteiger partial charge is 0.0175 e. The zero-order valence-corrected chi connectivity index (χ0v) is 12.0. The Balaban J connectivity index is 2.46. The first-order valence-corrected chi connectivity index (χ1v) is 6.83. The number of benzene rings is 1. The molecule has 1 unspecified atom stereocenters. The predicted octanol–water partition coefficient (Wildman–Crippen LogP) is 4.02. The second kappa shape index (κ2) is 7.08. The van der Waals surface area contributed by atoms with E-state index in [9.17, 15) is 0 Å². The van der Waals surface area contributed by atoms with Crippen molar-refractivity contribution in [3.63, 3.8) is 0 Å². The van der Waals surface area contributed by atoms with Crippen molar-refractivity contribution in [2.45, 2.75) is 39.2 Å². The van der Waals surface area contributed by atoms with Gasteiger partial charge < -0.3 is 5.32 Å². The van der Waals surface area contributed by atoms with Gasteiger partial charge in [0, 0.05) is 10.5 Å². The molecule has 0 saturated carbocycles. The first-order chi connectivity index (χ1) is 7.61. The molecule has 90 valence electrons. The Labute approximate surface area is 108 Å². The van der Waals surface area contributed by atoms with Crippen LogP contribution in [0.5, 0.6) is 0 Å². The summed E-state index contributed by atoms with van der Waals surface area (Å²) in [6.45, 7) is 4.57. The van der Waals surface area contributed by atoms with Gasteiger partial charge in [0.25, 0.3) is 0 Å². The van der Waals surface area contributed by atoms with Crippen molar-refractivity contribution in [2.24, 2.45) is 5.92 Å². The zero-order chi connectivity index (χ0) is 12.0. The van der Waals surface area contributed by atoms with Crippen molar-refractivity contribution in [3.8, 4) is 0 Å². The highest BCUT2D eigenvalue weighted by molar-refractivity contribution is 9.10. The molecule has 0 aliphatic rings. The van der Waals surface area contributed by atoms with Crippen LogP contribution in [-0.4, -0.2) is 13.1 Å². The quantitative estimate of drug-likeness (QED) is 0.832. The fourth-order valence-electron chi connectivity index (χ4n) is 1.79. The van der Waals surface area contributed by atoms with Gasteiger partial charge in [0.1, 0.15) is 0 Å². The monoisotopic (exact) mass is 283 g/mol. The summed E-state index contributed by atoms with van der Waals surface area (Å²) in [4.78, 5) is 0. The van der Waals surface area contributed by atoms with Gasteiger partial charge in [-0.05, 0) is 49.9 Å². The number of likely N-dealkylation sites (N-methyl/N-ethyl adjacent to an activating group) is 1. The van der Waals surface area contributed by atoms with E-state index in [2.05, 4.69) is 66.4 Å². The summed E-state index contributed by atoms with van der Waals surface area (Å²) in [5, 5.41) is 3.41. The summed E-state index contributed by atoms with van der Waals surface area (Å²) in [7, 11) is 2.06. The third-order valence-corrected chi connectivity index (χ3v) is 3.42. The average Bonchev–Trinajstić information content (AvgIpc) is 2.26. The van der Waals surface area contributed by atoms with Gasteiger partial charge in [-0.3, -0.25) is 0 Å². The first kappa shape index (κ1) is 13.7. The van der Waals surface area contributed by atoms with Gasteiger partial charge in [-0.2, -0.15) is 0 Å². The molecule has 0 amide bonds. The van der Waals surface area contributed by atoms with E-state index < -0.39 is 0 Å². The van der Waals surface area contributed by atoms with Crippen LogP contribution in [0.3, 0.4) is 0 Å². The Morgan fingerprint density at radius 2 is 1.75 bits per heavy atom. The summed E-state index contributed by atoms with van der Waals surface area (Å²) >= 11 is 3.46. The number of rotatable bonds is 6. The third kappa shape index (κ3) is 5.13. The van der Waals surface area contributed by atoms with Crippen LogP contribution >= 0.6 is 15.9 Å². The fourth-order valence-corrected chi connectivity index (χ4v) is 2.05. The van der Waals surface area contributed by atoms with Gasteiger partial charge in [0.2, 0.25) is 0 Å². The minimum absolute atomic E-state index is 0.601. The Morgan fingerprint density at radius 3 is 2.25 bits per heavy atom. The molecule has 1 rings (SSSR count). The molecule has 0 heterocycles. The summed E-state index contributed by atoms with van der Waals surface area (Å²) < 4.78 is 1.15. The maximum atomic E-state index is 3.46. The van der Waals surface area contributed by atoms with E-state index in [0.717, 1.165) is 16.8 Å². The molecule has 1 aromatic rings. The Hall–Kier alpha value is -0.340. The van der Waals surface area contributed by atoms with E-state index >= 15 is 0 Å². The lowest BCUT2D eigenvalue weighted by Gasteiger charge is -2.17. The largest absolute Gasteiger partial charge is 0.317 e. The third-order valence-electron chi connectivity index (χ3n) is 2.90. The molecule has 0 bridgehead atoms. The van der Waals surface area contributed by atoms with Crippen LogP contribution in [0.15, 0.2) is 28.7 Å². The molecule has 0 saturated heterocycles. The van der Waals surface area contributed by atoms with Gasteiger partial charge in [-0.1, -0.05) is 41.9 Å². The van der Waals surface area contributed by atoms with Gasteiger partial charge in [0.05, 0.1) is 0 Å². The molecular formula is C14H22BrN. The Bertz CT molecular complexity index is 292. The van der Waals surface area contributed by atoms with E-state index in [-0.39, 0.29) is 0 Å². The number of hydrogen-bond donors (Lipinski definition) is 1. The van der Waals surface area contributed by atoms with Gasteiger partial charge in [-0.15, -0.1) is 0 Å². The SMILES string of the molecule is CNC(CCC(C)C)Cc1ccc(Br)cc1. The standard InChI is InChI=1S/C14H22BrN/c1-11(2)4-9-14(16-3)10-12-5-7-13(15)8-6-12/h5-8,11,14,16H,4,9-10H2,1-3H3. The van der Waals surface area contributed by atoms with E-state index in [1.54, 1.807) is 0 Å². The van der Waals surface area contributed by atoms with Crippen molar-refractivity contribution in [1.82, 2.24) is 5.32 Å². The van der Waals surface area contributed by atoms with Gasteiger partial charge >= 0.3 is 0 Å². The Morgan fingerprint density at radius 1 is 1.12 bits per heavy atom. The van der Waals surface area contributed by atoms with E-state index in [1.807, 2.05) is 0 Å². The molecule has 2 heteroatoms. The summed E-state index contributed by atoms with van der Waals surface area (Å²) in [5.74, 6) is 0.792. The topological polar surface area (TPSA) is 12.0 Å². The maximum absolute atomic E-state index is 3.46. The molecule has 0 fully saturated rings. The molecule has 1 atom stereocenters. The van der Waals surface area contributed by atoms with Crippen molar-refractivity contribution in [3.05, 3.63) is 34.3 Å².